The van der Waals surface area contributed by atoms with Gasteiger partial charge in [-0.3, -0.25) is 28.0 Å². The summed E-state index contributed by atoms with van der Waals surface area (Å²) >= 11 is 0. The number of phosphoric ester groups is 1. The Bertz CT molecular complexity index is 1010. The maximum absolute atomic E-state index is 11.8. The van der Waals surface area contributed by atoms with Crippen LogP contribution in [0.15, 0.2) is 15.8 Å². The minimum absolute atomic E-state index is 0.158. The van der Waals surface area contributed by atoms with E-state index in [0.717, 1.165) is 10.8 Å². The number of rotatable bonds is 8. The number of aromatic amines is 1. The molecule has 0 amide bonds. The number of aromatic nitrogens is 2. The lowest BCUT2D eigenvalue weighted by molar-refractivity contribution is -0.250. The number of hydrogen-bond acceptors (Lipinski definition) is 13. The van der Waals surface area contributed by atoms with Gasteiger partial charge in [0.2, 0.25) is 0 Å². The monoisotopic (exact) mass is 479 g/mol. The fraction of sp³-hybridized carbons (Fsp3) is 0.600. The maximum Gasteiger partial charge on any atom is 0.330 e. The van der Waals surface area contributed by atoms with Gasteiger partial charge >= 0.3 is 5.69 Å². The van der Waals surface area contributed by atoms with E-state index in [4.69, 9.17) is 9.63 Å². The maximum atomic E-state index is 11.8. The molecule has 19 heteroatoms. The molecule has 2 heterocycles. The van der Waals surface area contributed by atoms with Crippen molar-refractivity contribution in [1.29, 1.82) is 0 Å². The Morgan fingerprint density at radius 3 is 2.45 bits per heavy atom. The molecular formula is C10H14N2O14P3-3. The lowest BCUT2D eigenvalue weighted by atomic mass is 10.2. The van der Waals surface area contributed by atoms with Crippen molar-refractivity contribution in [3.8, 4) is 0 Å². The van der Waals surface area contributed by atoms with Crippen LogP contribution in [0.2, 0.25) is 0 Å². The van der Waals surface area contributed by atoms with Gasteiger partial charge in [0.25, 0.3) is 29.0 Å². The summed E-state index contributed by atoms with van der Waals surface area (Å²) in [4.78, 5) is 66.5. The zero-order chi connectivity index (χ0) is 22.2. The molecule has 1 aromatic heterocycles. The second kappa shape index (κ2) is 8.63. The Labute approximate surface area is 161 Å². The Balaban J connectivity index is 2.03. The highest BCUT2D eigenvalue weighted by molar-refractivity contribution is 7.65. The molecule has 1 fully saturated rings. The van der Waals surface area contributed by atoms with Crippen molar-refractivity contribution in [3.05, 3.63) is 32.6 Å². The molecule has 1 aliphatic rings. The fourth-order valence-corrected chi connectivity index (χ4v) is 5.18. The van der Waals surface area contributed by atoms with Crippen molar-refractivity contribution in [2.24, 2.45) is 0 Å². The van der Waals surface area contributed by atoms with Crippen LogP contribution >= 0.6 is 23.5 Å². The van der Waals surface area contributed by atoms with Crippen molar-refractivity contribution in [2.45, 2.75) is 31.8 Å². The third kappa shape index (κ3) is 7.03. The minimum atomic E-state index is -6.05. The van der Waals surface area contributed by atoms with Crippen molar-refractivity contribution >= 4 is 23.5 Å². The molecule has 1 saturated heterocycles. The van der Waals surface area contributed by atoms with Crippen molar-refractivity contribution in [2.75, 3.05) is 6.61 Å². The smallest absolute Gasteiger partial charge is 0.330 e. The van der Waals surface area contributed by atoms with Crippen LogP contribution in [-0.2, 0) is 31.6 Å². The summed E-state index contributed by atoms with van der Waals surface area (Å²) in [5.41, 5.74) is -1.33. The summed E-state index contributed by atoms with van der Waals surface area (Å²) in [5.74, 6) is 0. The number of phosphoric acid groups is 3. The number of aryl methyl sites for hydroxylation is 1. The van der Waals surface area contributed by atoms with Crippen LogP contribution in [0.25, 0.3) is 0 Å². The van der Waals surface area contributed by atoms with Gasteiger partial charge in [-0.05, 0) is 6.92 Å². The van der Waals surface area contributed by atoms with E-state index in [1.165, 1.54) is 6.92 Å². The van der Waals surface area contributed by atoms with E-state index in [1.54, 1.807) is 0 Å². The van der Waals surface area contributed by atoms with Gasteiger partial charge in [0.15, 0.2) is 0 Å². The minimum Gasteiger partial charge on any atom is -0.756 e. The summed E-state index contributed by atoms with van der Waals surface area (Å²) < 4.78 is 50.0. The largest absolute Gasteiger partial charge is 0.756 e. The molecule has 2 rings (SSSR count). The summed E-state index contributed by atoms with van der Waals surface area (Å²) in [6.07, 6.45) is -2.90. The van der Waals surface area contributed by atoms with Gasteiger partial charge in [-0.15, -0.1) is 0 Å². The number of hydrogen-bond donors (Lipinski definition) is 3. The predicted molar refractivity (Wildman–Crippen MR) is 83.8 cm³/mol. The van der Waals surface area contributed by atoms with Crippen molar-refractivity contribution in [1.82, 2.24) is 9.55 Å². The fourth-order valence-electron chi connectivity index (χ4n) is 2.29. The molecule has 16 nitrogen and oxygen atoms in total. The lowest BCUT2D eigenvalue weighted by Gasteiger charge is -2.33. The average molecular weight is 479 g/mol. The Kier molecular flexibility index (Phi) is 7.23. The van der Waals surface area contributed by atoms with Crippen LogP contribution in [-0.4, -0.2) is 38.4 Å². The second-order valence-electron chi connectivity index (χ2n) is 5.73. The van der Waals surface area contributed by atoms with E-state index in [2.05, 4.69) is 13.1 Å². The highest BCUT2D eigenvalue weighted by Gasteiger charge is 2.37. The summed E-state index contributed by atoms with van der Waals surface area (Å²) in [5, 5.41) is 9.94. The lowest BCUT2D eigenvalue weighted by Crippen LogP contribution is -2.33. The highest BCUT2D eigenvalue weighted by Crippen LogP contribution is 2.61. The van der Waals surface area contributed by atoms with E-state index in [0.29, 0.717) is 0 Å². The quantitative estimate of drug-likeness (QED) is 0.313. The van der Waals surface area contributed by atoms with Crippen LogP contribution < -0.4 is 25.9 Å². The number of nitrogens with one attached hydrogen (secondary N) is 1. The van der Waals surface area contributed by atoms with E-state index in [1.807, 2.05) is 4.98 Å². The number of ether oxygens (including phenoxy) is 1. The summed E-state index contributed by atoms with van der Waals surface area (Å²) in [6.45, 7) is 0.423. The molecule has 0 saturated carbocycles. The van der Waals surface area contributed by atoms with Gasteiger partial charge in [-0.25, -0.2) is 13.4 Å². The summed E-state index contributed by atoms with van der Waals surface area (Å²) in [7, 11) is -17.6. The number of aliphatic hydroxyl groups excluding tert-OH is 1. The Hall–Kier alpha value is -0.990. The zero-order valence-electron chi connectivity index (χ0n) is 14.3. The molecule has 0 radical (unpaired) electrons. The summed E-state index contributed by atoms with van der Waals surface area (Å²) in [6, 6.07) is 0. The van der Waals surface area contributed by atoms with E-state index in [-0.39, 0.29) is 12.0 Å². The third-order valence-corrected chi connectivity index (χ3v) is 7.15. The van der Waals surface area contributed by atoms with Gasteiger partial charge < -0.3 is 33.9 Å². The van der Waals surface area contributed by atoms with Crippen LogP contribution in [0, 0.1) is 6.92 Å². The van der Waals surface area contributed by atoms with E-state index in [9.17, 15) is 43.1 Å². The van der Waals surface area contributed by atoms with Crippen LogP contribution in [0.4, 0.5) is 0 Å². The molecule has 0 aromatic carbocycles. The van der Waals surface area contributed by atoms with Crippen LogP contribution in [0.1, 0.15) is 18.2 Å². The second-order valence-corrected chi connectivity index (χ2v) is 10.0. The average Bonchev–Trinajstić information content (AvgIpc) is 2.86. The normalized spacial score (nSPS) is 28.4. The first-order valence-electron chi connectivity index (χ1n) is 7.47. The van der Waals surface area contributed by atoms with E-state index >= 15 is 0 Å². The topological polar surface area (TPSA) is 253 Å². The Morgan fingerprint density at radius 2 is 1.86 bits per heavy atom. The van der Waals surface area contributed by atoms with Gasteiger partial charge in [-0.1, -0.05) is 0 Å². The number of H-pyrrole nitrogens is 1. The number of aliphatic hydroxyl groups is 1. The zero-order valence-corrected chi connectivity index (χ0v) is 17.0. The standard InChI is InChI=1S/C10H17N2O14P3/c1-5-3-12(10(15)11-9(5)14)8-2-6(13)7(24-8)4-23-28(19,20)26-29(21,22)25-27(16,17)18/h3,6-8,13H,2,4H2,1H3,(H,19,20)(H,21,22)(H,11,14,15)(H2,16,17,18)/p-3/t6-,7+,8+/m0/s1. The molecule has 1 aliphatic heterocycles. The molecule has 0 spiro atoms. The molecule has 29 heavy (non-hydrogen) atoms. The SMILES string of the molecule is Cc1cn([C@H]2C[C@H](O)[C@@H](COP(=O)([O-])OP(=O)([O-])OP(=O)([O-])O)O2)c(=O)[nH]c1=O. The molecule has 0 bridgehead atoms. The molecular weight excluding hydrogens is 465 g/mol. The molecule has 0 aliphatic carbocycles. The third-order valence-electron chi connectivity index (χ3n) is 3.46. The van der Waals surface area contributed by atoms with Gasteiger partial charge in [0.05, 0.1) is 12.7 Å². The highest BCUT2D eigenvalue weighted by atomic mass is 31.3. The molecule has 1 aromatic rings. The van der Waals surface area contributed by atoms with Gasteiger partial charge in [0, 0.05) is 18.2 Å². The van der Waals surface area contributed by atoms with E-state index < -0.39 is 59.8 Å². The Morgan fingerprint density at radius 1 is 1.24 bits per heavy atom. The molecule has 3 N–H and O–H groups in total. The van der Waals surface area contributed by atoms with Crippen molar-refractivity contribution < 1.29 is 56.3 Å². The van der Waals surface area contributed by atoms with Crippen LogP contribution in [0.3, 0.4) is 0 Å². The van der Waals surface area contributed by atoms with Gasteiger partial charge in [0.1, 0.15) is 12.3 Å². The van der Waals surface area contributed by atoms with Crippen LogP contribution in [0.5, 0.6) is 0 Å². The first-order valence-corrected chi connectivity index (χ1v) is 11.9. The number of nitrogens with zero attached hydrogens (tertiary/aromatic N) is 1. The predicted octanol–water partition coefficient (Wildman–Crippen LogP) is -3.06. The first kappa shape index (κ1) is 24.3. The molecule has 6 atom stereocenters. The van der Waals surface area contributed by atoms with Crippen molar-refractivity contribution in [3.63, 3.8) is 0 Å². The molecule has 166 valence electrons. The van der Waals surface area contributed by atoms with Gasteiger partial charge in [-0.2, -0.15) is 0 Å². The first-order chi connectivity index (χ1) is 13.1. The molecule has 3 unspecified atom stereocenters.